The molecule has 1 aromatic carbocycles. The van der Waals surface area contributed by atoms with Crippen LogP contribution in [0.15, 0.2) is 22.8 Å². The number of benzene rings is 1. The van der Waals surface area contributed by atoms with Gasteiger partial charge in [0.2, 0.25) is 0 Å². The van der Waals surface area contributed by atoms with Gasteiger partial charge < -0.3 is 10.2 Å². The van der Waals surface area contributed by atoms with Crippen LogP contribution in [-0.2, 0) is 6.42 Å². The van der Waals surface area contributed by atoms with Crippen LogP contribution in [0.2, 0.25) is 5.02 Å². The van der Waals surface area contributed by atoms with Crippen molar-refractivity contribution in [1.82, 2.24) is 0 Å². The second-order valence-electron chi connectivity index (χ2n) is 4.20. The van der Waals surface area contributed by atoms with Gasteiger partial charge in [0.05, 0.1) is 11.3 Å². The summed E-state index contributed by atoms with van der Waals surface area (Å²) in [5.41, 5.74) is 9.08. The van der Waals surface area contributed by atoms with E-state index in [9.17, 15) is 0 Å². The Morgan fingerprint density at radius 2 is 2.25 bits per heavy atom. The first kappa shape index (κ1) is 11.5. The molecule has 0 fully saturated rings. The van der Waals surface area contributed by atoms with Crippen molar-refractivity contribution in [3.8, 4) is 0 Å². The zero-order valence-corrected chi connectivity index (χ0v) is 10.3. The van der Waals surface area contributed by atoms with Gasteiger partial charge in [-0.15, -0.1) is 0 Å². The quantitative estimate of drug-likeness (QED) is 0.885. The Bertz CT molecular complexity index is 504. The largest absolute Gasteiger partial charge is 0.464 e. The van der Waals surface area contributed by atoms with E-state index in [2.05, 4.69) is 13.0 Å². The number of rotatable bonds is 3. The van der Waals surface area contributed by atoms with Crippen molar-refractivity contribution in [3.05, 3.63) is 34.5 Å². The van der Waals surface area contributed by atoms with E-state index >= 15 is 0 Å². The van der Waals surface area contributed by atoms with Crippen LogP contribution in [0.5, 0.6) is 0 Å². The average Bonchev–Trinajstić information content (AvgIpc) is 2.74. The number of hydrogen-bond donors (Lipinski definition) is 1. The van der Waals surface area contributed by atoms with Crippen LogP contribution in [0.4, 0.5) is 0 Å². The topological polar surface area (TPSA) is 39.2 Å². The van der Waals surface area contributed by atoms with Gasteiger partial charge >= 0.3 is 0 Å². The highest BCUT2D eigenvalue weighted by Gasteiger charge is 2.12. The molecule has 0 amide bonds. The molecule has 2 nitrogen and oxygen atoms in total. The molecule has 0 radical (unpaired) electrons. The molecule has 0 spiro atoms. The molecule has 0 aliphatic rings. The third-order valence-electron chi connectivity index (χ3n) is 2.94. The molecule has 2 aromatic rings. The average molecular weight is 238 g/mol. The number of hydrogen-bond acceptors (Lipinski definition) is 2. The molecular weight excluding hydrogens is 222 g/mol. The van der Waals surface area contributed by atoms with Crippen LogP contribution in [0.3, 0.4) is 0 Å². The van der Waals surface area contributed by atoms with Gasteiger partial charge in [-0.1, -0.05) is 24.6 Å². The summed E-state index contributed by atoms with van der Waals surface area (Å²) in [6.45, 7) is 4.10. The van der Waals surface area contributed by atoms with Gasteiger partial charge in [0.15, 0.2) is 0 Å². The van der Waals surface area contributed by atoms with Crippen molar-refractivity contribution >= 4 is 22.6 Å². The summed E-state index contributed by atoms with van der Waals surface area (Å²) in [5, 5.41) is 1.76. The van der Waals surface area contributed by atoms with Gasteiger partial charge in [0.1, 0.15) is 5.58 Å². The van der Waals surface area contributed by atoms with Crippen molar-refractivity contribution in [2.24, 2.45) is 5.73 Å². The van der Waals surface area contributed by atoms with Gasteiger partial charge in [0.25, 0.3) is 0 Å². The fourth-order valence-corrected chi connectivity index (χ4v) is 2.12. The second-order valence-corrected chi connectivity index (χ2v) is 4.58. The summed E-state index contributed by atoms with van der Waals surface area (Å²) in [6.07, 6.45) is 3.47. The van der Waals surface area contributed by atoms with Gasteiger partial charge in [0, 0.05) is 11.4 Å². The highest BCUT2D eigenvalue weighted by molar-refractivity contribution is 6.36. The summed E-state index contributed by atoms with van der Waals surface area (Å²) in [5.74, 6) is 0. The second kappa shape index (κ2) is 4.48. The van der Waals surface area contributed by atoms with E-state index in [1.54, 1.807) is 6.26 Å². The molecule has 0 saturated carbocycles. The lowest BCUT2D eigenvalue weighted by Crippen LogP contribution is -2.21. The van der Waals surface area contributed by atoms with E-state index in [0.717, 1.165) is 40.0 Å². The van der Waals surface area contributed by atoms with Gasteiger partial charge in [-0.25, -0.2) is 0 Å². The van der Waals surface area contributed by atoms with E-state index in [1.165, 1.54) is 0 Å². The molecule has 0 saturated heterocycles. The van der Waals surface area contributed by atoms with Crippen molar-refractivity contribution in [3.63, 3.8) is 0 Å². The Kier molecular flexibility index (Phi) is 3.22. The summed E-state index contributed by atoms with van der Waals surface area (Å²) >= 11 is 6.22. The third-order valence-corrected chi connectivity index (χ3v) is 3.44. The van der Waals surface area contributed by atoms with Crippen LogP contribution < -0.4 is 5.73 Å². The monoisotopic (exact) mass is 237 g/mol. The van der Waals surface area contributed by atoms with Crippen LogP contribution >= 0.6 is 11.6 Å². The van der Waals surface area contributed by atoms with E-state index in [1.807, 2.05) is 13.0 Å². The third kappa shape index (κ3) is 1.95. The maximum absolute atomic E-state index is 6.22. The number of fused-ring (bicyclic) bond motifs is 1. The summed E-state index contributed by atoms with van der Waals surface area (Å²) in [7, 11) is 0. The normalized spacial score (nSPS) is 13.2. The molecule has 2 N–H and O–H groups in total. The molecule has 0 aliphatic heterocycles. The minimum Gasteiger partial charge on any atom is -0.464 e. The molecule has 1 aromatic heterocycles. The fourth-order valence-electron chi connectivity index (χ4n) is 1.91. The highest BCUT2D eigenvalue weighted by Crippen LogP contribution is 2.31. The first-order chi connectivity index (χ1) is 7.63. The van der Waals surface area contributed by atoms with Gasteiger partial charge in [-0.2, -0.15) is 0 Å². The van der Waals surface area contributed by atoms with E-state index in [-0.39, 0.29) is 6.04 Å². The Balaban J connectivity index is 2.52. The lowest BCUT2D eigenvalue weighted by Gasteiger charge is -2.11. The molecular formula is C13H16ClNO. The van der Waals surface area contributed by atoms with Crippen LogP contribution in [0.25, 0.3) is 11.0 Å². The first-order valence-electron chi connectivity index (χ1n) is 5.54. The maximum Gasteiger partial charge on any atom is 0.138 e. The fraction of sp³-hybridized carbons (Fsp3) is 0.385. The number of furan rings is 1. The molecule has 1 atom stereocenters. The SMILES string of the molecule is CCC(N)Cc1cc(C)c(Cl)c2ccoc12. The number of nitrogens with two attached hydrogens (primary N) is 1. The van der Waals surface area contributed by atoms with Crippen molar-refractivity contribution < 1.29 is 4.42 Å². The smallest absolute Gasteiger partial charge is 0.138 e. The van der Waals surface area contributed by atoms with E-state index in [0.29, 0.717) is 0 Å². The highest BCUT2D eigenvalue weighted by atomic mass is 35.5. The van der Waals surface area contributed by atoms with E-state index < -0.39 is 0 Å². The first-order valence-corrected chi connectivity index (χ1v) is 5.92. The molecule has 3 heteroatoms. The van der Waals surface area contributed by atoms with Crippen LogP contribution in [-0.4, -0.2) is 6.04 Å². The summed E-state index contributed by atoms with van der Waals surface area (Å²) in [4.78, 5) is 0. The maximum atomic E-state index is 6.22. The van der Waals surface area contributed by atoms with Crippen molar-refractivity contribution in [2.45, 2.75) is 32.7 Å². The number of aryl methyl sites for hydroxylation is 1. The zero-order chi connectivity index (χ0) is 11.7. The van der Waals surface area contributed by atoms with Crippen LogP contribution in [0.1, 0.15) is 24.5 Å². The predicted octanol–water partition coefficient (Wildman–Crippen LogP) is 3.67. The van der Waals surface area contributed by atoms with Crippen LogP contribution in [0, 0.1) is 6.92 Å². The van der Waals surface area contributed by atoms with Gasteiger partial charge in [-0.05, 0) is 37.0 Å². The Morgan fingerprint density at radius 1 is 1.50 bits per heavy atom. The zero-order valence-electron chi connectivity index (χ0n) is 9.59. The lowest BCUT2D eigenvalue weighted by atomic mass is 10.0. The molecule has 2 rings (SSSR count). The molecule has 86 valence electrons. The van der Waals surface area contributed by atoms with Crippen molar-refractivity contribution in [1.29, 1.82) is 0 Å². The standard InChI is InChI=1S/C13H16ClNO/c1-3-10(15)7-9-6-8(2)12(14)11-4-5-16-13(9)11/h4-6,10H,3,7,15H2,1-2H3. The molecule has 16 heavy (non-hydrogen) atoms. The van der Waals surface area contributed by atoms with E-state index in [4.69, 9.17) is 21.8 Å². The Morgan fingerprint density at radius 3 is 2.94 bits per heavy atom. The summed E-state index contributed by atoms with van der Waals surface area (Å²) < 4.78 is 5.49. The molecule has 0 aliphatic carbocycles. The van der Waals surface area contributed by atoms with Gasteiger partial charge in [-0.3, -0.25) is 0 Å². The van der Waals surface area contributed by atoms with Crippen molar-refractivity contribution in [2.75, 3.05) is 0 Å². The minimum absolute atomic E-state index is 0.175. The Labute approximate surface area is 100 Å². The predicted molar refractivity (Wildman–Crippen MR) is 67.9 cm³/mol. The molecule has 1 heterocycles. The Hall–Kier alpha value is -0.990. The summed E-state index contributed by atoms with van der Waals surface area (Å²) in [6, 6.07) is 4.16. The molecule has 0 bridgehead atoms. The number of halogens is 1. The lowest BCUT2D eigenvalue weighted by molar-refractivity contribution is 0.597. The molecule has 1 unspecified atom stereocenters. The minimum atomic E-state index is 0.175.